The maximum absolute atomic E-state index is 12.9. The minimum Gasteiger partial charge on any atom is -0.242 e. The van der Waals surface area contributed by atoms with Gasteiger partial charge in [0, 0.05) is 11.5 Å². The molecule has 2 nitrogen and oxygen atoms in total. The highest BCUT2D eigenvalue weighted by atomic mass is 79.9. The molecule has 3 rings (SSSR count). The average Bonchev–Trinajstić information content (AvgIpc) is 2.70. The molecule has 2 unspecified atom stereocenters. The SMILES string of the molecule is CN(C1c2cc(Br)ccc2CC12CCC2)S(=O)C(C)(C)C. The van der Waals surface area contributed by atoms with Crippen molar-refractivity contribution < 1.29 is 4.21 Å². The lowest BCUT2D eigenvalue weighted by Gasteiger charge is -2.47. The molecule has 4 heteroatoms. The van der Waals surface area contributed by atoms with E-state index in [1.807, 2.05) is 7.05 Å². The second-order valence-electron chi connectivity index (χ2n) is 7.55. The molecule has 0 heterocycles. The molecule has 0 radical (unpaired) electrons. The molecule has 1 aromatic rings. The summed E-state index contributed by atoms with van der Waals surface area (Å²) < 4.78 is 15.9. The van der Waals surface area contributed by atoms with Gasteiger partial charge >= 0.3 is 0 Å². The molecule has 0 amide bonds. The Kier molecular flexibility index (Phi) is 3.87. The molecule has 1 aromatic carbocycles. The van der Waals surface area contributed by atoms with Crippen molar-refractivity contribution in [2.75, 3.05) is 7.05 Å². The van der Waals surface area contributed by atoms with E-state index in [9.17, 15) is 4.21 Å². The fourth-order valence-corrected chi connectivity index (χ4v) is 5.75. The number of halogens is 1. The van der Waals surface area contributed by atoms with Crippen molar-refractivity contribution in [3.63, 3.8) is 0 Å². The number of benzene rings is 1. The zero-order valence-electron chi connectivity index (χ0n) is 13.3. The van der Waals surface area contributed by atoms with Gasteiger partial charge < -0.3 is 0 Å². The van der Waals surface area contributed by atoms with E-state index in [0.29, 0.717) is 11.5 Å². The number of nitrogens with zero attached hydrogens (tertiary/aromatic N) is 1. The van der Waals surface area contributed by atoms with Crippen LogP contribution in [0.4, 0.5) is 0 Å². The lowest BCUT2D eigenvalue weighted by Crippen LogP contribution is -2.45. The summed E-state index contributed by atoms with van der Waals surface area (Å²) in [7, 11) is 1.06. The van der Waals surface area contributed by atoms with E-state index in [2.05, 4.69) is 59.2 Å². The average molecular weight is 370 g/mol. The highest BCUT2D eigenvalue weighted by Gasteiger charge is 2.53. The maximum atomic E-state index is 12.9. The molecule has 2 atom stereocenters. The van der Waals surface area contributed by atoms with Crippen LogP contribution in [-0.2, 0) is 17.4 Å². The Morgan fingerprint density at radius 1 is 1.33 bits per heavy atom. The van der Waals surface area contributed by atoms with Crippen LogP contribution in [0.3, 0.4) is 0 Å². The van der Waals surface area contributed by atoms with Gasteiger partial charge in [-0.3, -0.25) is 0 Å². The van der Waals surface area contributed by atoms with Gasteiger partial charge in [-0.1, -0.05) is 28.4 Å². The summed E-state index contributed by atoms with van der Waals surface area (Å²) in [6, 6.07) is 6.91. The first-order chi connectivity index (χ1) is 9.74. The fourth-order valence-electron chi connectivity index (χ4n) is 3.98. The molecule has 0 saturated heterocycles. The molecule has 2 aliphatic carbocycles. The summed E-state index contributed by atoms with van der Waals surface area (Å²) in [5, 5.41) is 0. The largest absolute Gasteiger partial charge is 0.242 e. The Morgan fingerprint density at radius 3 is 2.52 bits per heavy atom. The minimum atomic E-state index is -0.982. The third kappa shape index (κ3) is 2.53. The first-order valence-electron chi connectivity index (χ1n) is 7.68. The predicted octanol–water partition coefficient (Wildman–Crippen LogP) is 4.61. The third-order valence-corrected chi connectivity index (χ3v) is 7.30. The van der Waals surface area contributed by atoms with Crippen LogP contribution < -0.4 is 0 Å². The van der Waals surface area contributed by atoms with Crippen LogP contribution in [0.2, 0.25) is 0 Å². The van der Waals surface area contributed by atoms with Crippen molar-refractivity contribution in [1.82, 2.24) is 4.31 Å². The highest BCUT2D eigenvalue weighted by Crippen LogP contribution is 2.60. The van der Waals surface area contributed by atoms with E-state index < -0.39 is 11.0 Å². The standard InChI is InChI=1S/C17H24BrNOS/c1-16(2,3)21(20)19(4)15-14-10-13(18)7-6-12(14)11-17(15)8-5-9-17/h6-7,10,15H,5,8-9,11H2,1-4H3. The normalized spacial score (nSPS) is 25.0. The molecular weight excluding hydrogens is 346 g/mol. The number of rotatable bonds is 2. The van der Waals surface area contributed by atoms with Gasteiger partial charge in [0.1, 0.15) is 11.0 Å². The number of hydrogen-bond donors (Lipinski definition) is 0. The maximum Gasteiger partial charge on any atom is 0.100 e. The smallest absolute Gasteiger partial charge is 0.100 e. The highest BCUT2D eigenvalue weighted by molar-refractivity contribution is 9.10. The third-order valence-electron chi connectivity index (χ3n) is 5.02. The Balaban J connectivity index is 2.02. The summed E-state index contributed by atoms with van der Waals surface area (Å²) in [5.41, 5.74) is 3.14. The summed E-state index contributed by atoms with van der Waals surface area (Å²) in [5.74, 6) is 0. The van der Waals surface area contributed by atoms with E-state index in [4.69, 9.17) is 0 Å². The minimum absolute atomic E-state index is 0.214. The Bertz CT molecular complexity index is 589. The summed E-state index contributed by atoms with van der Waals surface area (Å²) in [4.78, 5) is 0. The Hall–Kier alpha value is -0.190. The molecule has 1 fully saturated rings. The van der Waals surface area contributed by atoms with Crippen LogP contribution in [0.25, 0.3) is 0 Å². The van der Waals surface area contributed by atoms with Gasteiger partial charge in [-0.15, -0.1) is 0 Å². The van der Waals surface area contributed by atoms with Crippen molar-refractivity contribution in [1.29, 1.82) is 0 Å². The first-order valence-corrected chi connectivity index (χ1v) is 9.58. The van der Waals surface area contributed by atoms with Crippen LogP contribution in [-0.4, -0.2) is 20.3 Å². The molecule has 1 saturated carbocycles. The van der Waals surface area contributed by atoms with Gasteiger partial charge in [0.05, 0.1) is 10.8 Å². The zero-order valence-corrected chi connectivity index (χ0v) is 15.7. The lowest BCUT2D eigenvalue weighted by molar-refractivity contribution is 0.0606. The van der Waals surface area contributed by atoms with E-state index >= 15 is 0 Å². The van der Waals surface area contributed by atoms with E-state index in [1.54, 1.807) is 0 Å². The Labute approximate surface area is 139 Å². The summed E-state index contributed by atoms with van der Waals surface area (Å²) in [6.45, 7) is 6.18. The number of hydrogen-bond acceptors (Lipinski definition) is 1. The molecule has 0 bridgehead atoms. The van der Waals surface area contributed by atoms with E-state index in [0.717, 1.165) is 10.9 Å². The molecule has 0 N–H and O–H groups in total. The predicted molar refractivity (Wildman–Crippen MR) is 92.5 cm³/mol. The van der Waals surface area contributed by atoms with Crippen molar-refractivity contribution in [2.24, 2.45) is 5.41 Å². The molecule has 116 valence electrons. The zero-order chi connectivity index (χ0) is 15.4. The van der Waals surface area contributed by atoms with Gasteiger partial charge in [-0.05, 0) is 68.7 Å². The van der Waals surface area contributed by atoms with Crippen LogP contribution in [0.5, 0.6) is 0 Å². The quantitative estimate of drug-likeness (QED) is 0.745. The van der Waals surface area contributed by atoms with Crippen molar-refractivity contribution >= 4 is 26.9 Å². The summed E-state index contributed by atoms with van der Waals surface area (Å²) >= 11 is 3.60. The number of fused-ring (bicyclic) bond motifs is 1. The molecule has 0 aliphatic heterocycles. The van der Waals surface area contributed by atoms with Gasteiger partial charge in [0.2, 0.25) is 0 Å². The van der Waals surface area contributed by atoms with Crippen molar-refractivity contribution in [3.8, 4) is 0 Å². The van der Waals surface area contributed by atoms with E-state index in [-0.39, 0.29) is 4.75 Å². The van der Waals surface area contributed by atoms with Crippen LogP contribution in [0.15, 0.2) is 22.7 Å². The fraction of sp³-hybridized carbons (Fsp3) is 0.647. The second kappa shape index (κ2) is 5.17. The lowest BCUT2D eigenvalue weighted by atomic mass is 9.64. The molecule has 0 aromatic heterocycles. The van der Waals surface area contributed by atoms with Crippen molar-refractivity contribution in [2.45, 2.75) is 57.2 Å². The van der Waals surface area contributed by atoms with Crippen LogP contribution >= 0.6 is 15.9 Å². The van der Waals surface area contributed by atoms with E-state index in [1.165, 1.54) is 30.4 Å². The molecule has 2 aliphatic rings. The molecule has 21 heavy (non-hydrogen) atoms. The van der Waals surface area contributed by atoms with Crippen molar-refractivity contribution in [3.05, 3.63) is 33.8 Å². The molecular formula is C17H24BrNOS. The summed E-state index contributed by atoms with van der Waals surface area (Å²) in [6.07, 6.45) is 4.97. The van der Waals surface area contributed by atoms with Gasteiger partial charge in [0.25, 0.3) is 0 Å². The monoisotopic (exact) mass is 369 g/mol. The Morgan fingerprint density at radius 2 is 2.00 bits per heavy atom. The van der Waals surface area contributed by atoms with Crippen LogP contribution in [0, 0.1) is 5.41 Å². The molecule has 1 spiro atoms. The topological polar surface area (TPSA) is 20.3 Å². The second-order valence-corrected chi connectivity index (χ2v) is 10.8. The van der Waals surface area contributed by atoms with Gasteiger partial charge in [-0.2, -0.15) is 0 Å². The van der Waals surface area contributed by atoms with Crippen LogP contribution in [0.1, 0.15) is 57.2 Å². The van der Waals surface area contributed by atoms with Gasteiger partial charge in [-0.25, -0.2) is 8.51 Å². The first kappa shape index (κ1) is 15.7. The van der Waals surface area contributed by atoms with Gasteiger partial charge in [0.15, 0.2) is 0 Å².